The third kappa shape index (κ3) is 3.13. The summed E-state index contributed by atoms with van der Waals surface area (Å²) in [4.78, 5) is 32.7. The molecular weight excluding hydrogens is 334 g/mol. The van der Waals surface area contributed by atoms with E-state index in [-0.39, 0.29) is 18.5 Å². The molecule has 2 heterocycles. The summed E-state index contributed by atoms with van der Waals surface area (Å²) in [7, 11) is 0. The van der Waals surface area contributed by atoms with Crippen molar-refractivity contribution in [2.45, 2.75) is 12.8 Å². The Kier molecular flexibility index (Phi) is 4.19. The van der Waals surface area contributed by atoms with Crippen LogP contribution in [0.2, 0.25) is 0 Å². The number of rotatable bonds is 4. The van der Waals surface area contributed by atoms with Gasteiger partial charge in [-0.2, -0.15) is 0 Å². The molecule has 5 nitrogen and oxygen atoms in total. The summed E-state index contributed by atoms with van der Waals surface area (Å²) in [5, 5.41) is 4.55. The van der Waals surface area contributed by atoms with Crippen molar-refractivity contribution in [3.05, 3.63) is 59.6 Å². The van der Waals surface area contributed by atoms with E-state index in [1.54, 1.807) is 16.0 Å². The summed E-state index contributed by atoms with van der Waals surface area (Å²) in [6.45, 7) is 0.934. The summed E-state index contributed by atoms with van der Waals surface area (Å²) in [6, 6.07) is 13.6. The minimum Gasteiger partial charge on any atom is -0.324 e. The Morgan fingerprint density at radius 3 is 2.76 bits per heavy atom. The fraction of sp³-hybridized carbons (Fsp3) is 0.211. The summed E-state index contributed by atoms with van der Waals surface area (Å²) in [5.74, 6) is -0.0479. The molecule has 0 unspecified atom stereocenters. The molecule has 0 bridgehead atoms. The first-order chi connectivity index (χ1) is 12.2. The molecule has 0 spiro atoms. The van der Waals surface area contributed by atoms with Crippen LogP contribution < -0.4 is 4.90 Å². The molecule has 0 saturated carbocycles. The lowest BCUT2D eigenvalue weighted by atomic mass is 10.1. The molecule has 126 valence electrons. The van der Waals surface area contributed by atoms with E-state index in [4.69, 9.17) is 0 Å². The maximum Gasteiger partial charge on any atom is 0.261 e. The second-order valence-electron chi connectivity index (χ2n) is 6.01. The van der Waals surface area contributed by atoms with Crippen molar-refractivity contribution >= 4 is 39.1 Å². The van der Waals surface area contributed by atoms with Crippen molar-refractivity contribution < 1.29 is 9.59 Å². The first-order valence-corrected chi connectivity index (χ1v) is 9.08. The minimum atomic E-state index is -0.139. The number of hydrogen-bond donors (Lipinski definition) is 0. The second-order valence-corrected chi connectivity index (χ2v) is 6.88. The zero-order valence-corrected chi connectivity index (χ0v) is 14.4. The molecule has 2 amide bonds. The van der Waals surface area contributed by atoms with Crippen LogP contribution in [0, 0.1) is 0 Å². The number of carbonyl (C=O) groups excluding carboxylic acids is 2. The normalized spacial score (nSPS) is 14.2. The van der Waals surface area contributed by atoms with Gasteiger partial charge in [-0.05, 0) is 29.3 Å². The van der Waals surface area contributed by atoms with E-state index in [1.807, 2.05) is 47.8 Å². The fourth-order valence-electron chi connectivity index (χ4n) is 3.06. The van der Waals surface area contributed by atoms with Gasteiger partial charge < -0.3 is 4.90 Å². The molecule has 0 aliphatic carbocycles. The number of fused-ring (bicyclic) bond motifs is 1. The van der Waals surface area contributed by atoms with Crippen LogP contribution in [0.3, 0.4) is 0 Å². The average Bonchev–Trinajstić information content (AvgIpc) is 3.30. The number of hydrogen-bond acceptors (Lipinski definition) is 4. The van der Waals surface area contributed by atoms with Crippen LogP contribution in [0.4, 0.5) is 5.13 Å². The Morgan fingerprint density at radius 1 is 1.20 bits per heavy atom. The first-order valence-electron chi connectivity index (χ1n) is 8.20. The number of amides is 2. The van der Waals surface area contributed by atoms with Crippen molar-refractivity contribution in [3.8, 4) is 0 Å². The Bertz CT molecular complexity index is 923. The van der Waals surface area contributed by atoms with Crippen LogP contribution >= 0.6 is 11.3 Å². The van der Waals surface area contributed by atoms with Crippen LogP contribution in [0.5, 0.6) is 0 Å². The van der Waals surface area contributed by atoms with Gasteiger partial charge >= 0.3 is 0 Å². The molecule has 2 aromatic carbocycles. The van der Waals surface area contributed by atoms with Gasteiger partial charge in [0.1, 0.15) is 6.67 Å². The molecule has 3 aromatic rings. The summed E-state index contributed by atoms with van der Waals surface area (Å²) in [5.41, 5.74) is 0.598. The lowest BCUT2D eigenvalue weighted by Crippen LogP contribution is -2.42. The van der Waals surface area contributed by atoms with Crippen molar-refractivity contribution in [3.63, 3.8) is 0 Å². The Hall–Kier alpha value is -2.73. The quantitative estimate of drug-likeness (QED) is 0.723. The molecule has 25 heavy (non-hydrogen) atoms. The molecule has 0 atom stereocenters. The van der Waals surface area contributed by atoms with Crippen LogP contribution in [-0.2, 0) is 4.79 Å². The van der Waals surface area contributed by atoms with Crippen molar-refractivity contribution in [2.75, 3.05) is 18.1 Å². The van der Waals surface area contributed by atoms with Gasteiger partial charge in [-0.1, -0.05) is 30.3 Å². The van der Waals surface area contributed by atoms with Gasteiger partial charge in [0.2, 0.25) is 5.91 Å². The molecule has 1 fully saturated rings. The lowest BCUT2D eigenvalue weighted by Gasteiger charge is -2.26. The highest BCUT2D eigenvalue weighted by Gasteiger charge is 2.27. The maximum absolute atomic E-state index is 13.1. The van der Waals surface area contributed by atoms with E-state index in [0.717, 1.165) is 17.2 Å². The summed E-state index contributed by atoms with van der Waals surface area (Å²) in [6.07, 6.45) is 3.07. The second kappa shape index (κ2) is 6.64. The van der Waals surface area contributed by atoms with Crippen molar-refractivity contribution in [1.29, 1.82) is 0 Å². The zero-order chi connectivity index (χ0) is 17.2. The predicted octanol–water partition coefficient (Wildman–Crippen LogP) is 3.52. The maximum atomic E-state index is 13.1. The van der Waals surface area contributed by atoms with Gasteiger partial charge in [0, 0.05) is 30.1 Å². The van der Waals surface area contributed by atoms with Gasteiger partial charge in [0.25, 0.3) is 5.91 Å². The van der Waals surface area contributed by atoms with Crippen molar-refractivity contribution in [2.24, 2.45) is 0 Å². The third-order valence-corrected chi connectivity index (χ3v) is 5.17. The number of likely N-dealkylation sites (tertiary alicyclic amines) is 1. The summed E-state index contributed by atoms with van der Waals surface area (Å²) < 4.78 is 0. The minimum absolute atomic E-state index is 0.0906. The number of carbonyl (C=O) groups is 2. The summed E-state index contributed by atoms with van der Waals surface area (Å²) >= 11 is 1.40. The van der Waals surface area contributed by atoms with E-state index in [2.05, 4.69) is 4.98 Å². The Balaban J connectivity index is 1.67. The predicted molar refractivity (Wildman–Crippen MR) is 98.7 cm³/mol. The Morgan fingerprint density at radius 2 is 2.04 bits per heavy atom. The first kappa shape index (κ1) is 15.8. The highest BCUT2D eigenvalue weighted by Crippen LogP contribution is 2.24. The van der Waals surface area contributed by atoms with Gasteiger partial charge in [-0.15, -0.1) is 11.3 Å². The highest BCUT2D eigenvalue weighted by molar-refractivity contribution is 7.13. The van der Waals surface area contributed by atoms with E-state index in [0.29, 0.717) is 23.7 Å². The number of aromatic nitrogens is 1. The molecule has 1 aliphatic heterocycles. The fourth-order valence-corrected chi connectivity index (χ4v) is 3.70. The lowest BCUT2D eigenvalue weighted by molar-refractivity contribution is -0.127. The standard InChI is InChI=1S/C19H17N3O2S/c23-17-6-3-10-21(17)13-22(19-20-9-11-25-19)18(24)16-8-7-14-4-1-2-5-15(14)12-16/h1-2,4-5,7-9,11-12H,3,6,10,13H2. The van der Waals surface area contributed by atoms with Gasteiger partial charge in [-0.25, -0.2) is 4.98 Å². The molecule has 1 aromatic heterocycles. The van der Waals surface area contributed by atoms with Crippen LogP contribution in [0.15, 0.2) is 54.0 Å². The number of anilines is 1. The third-order valence-electron chi connectivity index (χ3n) is 4.38. The van der Waals surface area contributed by atoms with E-state index < -0.39 is 0 Å². The highest BCUT2D eigenvalue weighted by atomic mass is 32.1. The molecule has 1 saturated heterocycles. The van der Waals surface area contributed by atoms with Crippen LogP contribution in [0.25, 0.3) is 10.8 Å². The van der Waals surface area contributed by atoms with Gasteiger partial charge in [0.05, 0.1) is 0 Å². The smallest absolute Gasteiger partial charge is 0.261 e. The molecule has 1 aliphatic rings. The van der Waals surface area contributed by atoms with E-state index in [9.17, 15) is 9.59 Å². The van der Waals surface area contributed by atoms with Crippen LogP contribution in [0.1, 0.15) is 23.2 Å². The van der Waals surface area contributed by atoms with Gasteiger partial charge in [-0.3, -0.25) is 14.5 Å². The average molecular weight is 351 g/mol. The van der Waals surface area contributed by atoms with Gasteiger partial charge in [0.15, 0.2) is 5.13 Å². The zero-order valence-electron chi connectivity index (χ0n) is 13.6. The Labute approximate surface area is 149 Å². The van der Waals surface area contributed by atoms with E-state index in [1.165, 1.54) is 11.3 Å². The molecule has 0 radical (unpaired) electrons. The largest absolute Gasteiger partial charge is 0.324 e. The van der Waals surface area contributed by atoms with E-state index >= 15 is 0 Å². The number of thiazole rings is 1. The number of benzene rings is 2. The molecule has 6 heteroatoms. The van der Waals surface area contributed by atoms with Crippen molar-refractivity contribution in [1.82, 2.24) is 9.88 Å². The van der Waals surface area contributed by atoms with Crippen LogP contribution in [-0.4, -0.2) is 34.9 Å². The SMILES string of the molecule is O=C1CCCN1CN(C(=O)c1ccc2ccccc2c1)c1nccs1. The number of nitrogens with zero attached hydrogens (tertiary/aromatic N) is 3. The topological polar surface area (TPSA) is 53.5 Å². The molecule has 4 rings (SSSR count). The molecular formula is C19H17N3O2S. The molecule has 0 N–H and O–H groups in total. The monoisotopic (exact) mass is 351 g/mol.